The van der Waals surface area contributed by atoms with Gasteiger partial charge in [-0.05, 0) is 31.2 Å². The van der Waals surface area contributed by atoms with Crippen LogP contribution in [-0.2, 0) is 6.54 Å². The Hall–Kier alpha value is -2.63. The molecule has 2 aromatic rings. The van der Waals surface area contributed by atoms with E-state index in [-0.39, 0.29) is 11.7 Å². The van der Waals surface area contributed by atoms with Gasteiger partial charge in [0.15, 0.2) is 0 Å². The van der Waals surface area contributed by atoms with E-state index in [1.807, 2.05) is 6.92 Å². The molecule has 3 rings (SSSR count). The number of hydrogen-bond acceptors (Lipinski definition) is 4. The molecule has 2 heterocycles. The van der Waals surface area contributed by atoms with E-state index in [2.05, 4.69) is 4.98 Å². The molecule has 0 saturated heterocycles. The summed E-state index contributed by atoms with van der Waals surface area (Å²) >= 11 is 0. The smallest absolute Gasteiger partial charge is 0.255 e. The van der Waals surface area contributed by atoms with E-state index < -0.39 is 0 Å². The highest BCUT2D eigenvalue weighted by Crippen LogP contribution is 2.24. The van der Waals surface area contributed by atoms with E-state index in [9.17, 15) is 9.18 Å². The minimum Gasteiger partial charge on any atom is -0.491 e. The monoisotopic (exact) mass is 316 g/mol. The molecule has 0 fully saturated rings. The number of carbonyl (C=O) groups excluding carboxylic acids is 1. The number of rotatable bonds is 3. The van der Waals surface area contributed by atoms with Gasteiger partial charge >= 0.3 is 0 Å². The van der Waals surface area contributed by atoms with Crippen molar-refractivity contribution in [3.8, 4) is 11.6 Å². The number of nitrogens with zero attached hydrogens (tertiary/aromatic N) is 2. The summed E-state index contributed by atoms with van der Waals surface area (Å²) in [5.74, 6) is 0.591. The number of amides is 1. The molecule has 0 atom stereocenters. The van der Waals surface area contributed by atoms with Gasteiger partial charge in [0.25, 0.3) is 5.91 Å². The summed E-state index contributed by atoms with van der Waals surface area (Å²) in [6.07, 6.45) is 1.49. The highest BCUT2D eigenvalue weighted by Gasteiger charge is 2.21. The Kier molecular flexibility index (Phi) is 4.41. The van der Waals surface area contributed by atoms with Crippen molar-refractivity contribution in [2.45, 2.75) is 13.5 Å². The normalized spacial score (nSPS) is 13.7. The fraction of sp³-hybridized carbons (Fsp3) is 0.294. The van der Waals surface area contributed by atoms with Gasteiger partial charge in [-0.3, -0.25) is 4.79 Å². The first kappa shape index (κ1) is 15.3. The van der Waals surface area contributed by atoms with Gasteiger partial charge < -0.3 is 14.4 Å². The van der Waals surface area contributed by atoms with Crippen molar-refractivity contribution in [2.24, 2.45) is 0 Å². The van der Waals surface area contributed by atoms with Gasteiger partial charge in [-0.25, -0.2) is 9.37 Å². The summed E-state index contributed by atoms with van der Waals surface area (Å²) < 4.78 is 24.3. The van der Waals surface area contributed by atoms with E-state index in [4.69, 9.17) is 9.47 Å². The molecule has 5 nitrogen and oxygen atoms in total. The highest BCUT2D eigenvalue weighted by molar-refractivity contribution is 5.94. The van der Waals surface area contributed by atoms with E-state index in [0.717, 1.165) is 0 Å². The van der Waals surface area contributed by atoms with Crippen LogP contribution in [0.4, 0.5) is 4.39 Å². The lowest BCUT2D eigenvalue weighted by Crippen LogP contribution is -2.32. The maximum atomic E-state index is 13.4. The molecule has 0 spiro atoms. The summed E-state index contributed by atoms with van der Waals surface area (Å²) in [4.78, 5) is 18.3. The molecule has 1 aliphatic heterocycles. The SMILES string of the molecule is CCOc1ccc(C(=O)N2CCOc3ccc(F)cc3C2)cn1. The number of fused-ring (bicyclic) bond motifs is 1. The Labute approximate surface area is 133 Å². The van der Waals surface area contributed by atoms with E-state index >= 15 is 0 Å². The minimum absolute atomic E-state index is 0.166. The van der Waals surface area contributed by atoms with Gasteiger partial charge in [0.1, 0.15) is 18.2 Å². The van der Waals surface area contributed by atoms with Crippen LogP contribution in [0.15, 0.2) is 36.5 Å². The number of pyridine rings is 1. The number of carbonyl (C=O) groups is 1. The van der Waals surface area contributed by atoms with Crippen molar-refractivity contribution < 1.29 is 18.7 Å². The average molecular weight is 316 g/mol. The molecule has 1 amide bonds. The topological polar surface area (TPSA) is 51.7 Å². The predicted molar refractivity (Wildman–Crippen MR) is 82.0 cm³/mol. The Morgan fingerprint density at radius 3 is 3.00 bits per heavy atom. The van der Waals surface area contributed by atoms with Gasteiger partial charge in [0.2, 0.25) is 5.88 Å². The number of hydrogen-bond donors (Lipinski definition) is 0. The number of ether oxygens (including phenoxy) is 2. The second kappa shape index (κ2) is 6.64. The Bertz CT molecular complexity index is 703. The predicted octanol–water partition coefficient (Wildman–Crippen LogP) is 2.65. The van der Waals surface area contributed by atoms with Gasteiger partial charge in [-0.1, -0.05) is 0 Å². The zero-order valence-electron chi connectivity index (χ0n) is 12.8. The van der Waals surface area contributed by atoms with Gasteiger partial charge in [-0.15, -0.1) is 0 Å². The Balaban J connectivity index is 1.79. The first-order valence-electron chi connectivity index (χ1n) is 7.46. The summed E-state index contributed by atoms with van der Waals surface area (Å²) in [7, 11) is 0. The molecule has 0 radical (unpaired) electrons. The first-order chi connectivity index (χ1) is 11.2. The quantitative estimate of drug-likeness (QED) is 0.873. The van der Waals surface area contributed by atoms with Crippen molar-refractivity contribution in [2.75, 3.05) is 19.8 Å². The number of aromatic nitrogens is 1. The first-order valence-corrected chi connectivity index (χ1v) is 7.46. The lowest BCUT2D eigenvalue weighted by molar-refractivity contribution is 0.0732. The molecule has 1 aromatic heterocycles. The fourth-order valence-corrected chi connectivity index (χ4v) is 2.46. The summed E-state index contributed by atoms with van der Waals surface area (Å²) in [6.45, 7) is 3.50. The molecule has 0 N–H and O–H groups in total. The summed E-state index contributed by atoms with van der Waals surface area (Å²) in [5, 5.41) is 0. The molecule has 0 aliphatic carbocycles. The Morgan fingerprint density at radius 2 is 2.26 bits per heavy atom. The zero-order chi connectivity index (χ0) is 16.2. The highest BCUT2D eigenvalue weighted by atomic mass is 19.1. The summed E-state index contributed by atoms with van der Waals surface area (Å²) in [5.41, 5.74) is 1.13. The van der Waals surface area contributed by atoms with Crippen molar-refractivity contribution in [1.82, 2.24) is 9.88 Å². The van der Waals surface area contributed by atoms with Gasteiger partial charge in [0.05, 0.1) is 18.7 Å². The van der Waals surface area contributed by atoms with Crippen LogP contribution < -0.4 is 9.47 Å². The molecule has 0 bridgehead atoms. The van der Waals surface area contributed by atoms with Crippen molar-refractivity contribution >= 4 is 5.91 Å². The van der Waals surface area contributed by atoms with Crippen LogP contribution in [-0.4, -0.2) is 35.5 Å². The number of benzene rings is 1. The zero-order valence-corrected chi connectivity index (χ0v) is 12.8. The average Bonchev–Trinajstić information content (AvgIpc) is 2.77. The van der Waals surface area contributed by atoms with Gasteiger partial charge in [0, 0.05) is 24.4 Å². The lowest BCUT2D eigenvalue weighted by Gasteiger charge is -2.19. The molecule has 120 valence electrons. The van der Waals surface area contributed by atoms with E-state index in [0.29, 0.717) is 49.1 Å². The molecule has 1 aromatic carbocycles. The second-order valence-corrected chi connectivity index (χ2v) is 5.15. The molecule has 0 saturated carbocycles. The standard InChI is InChI=1S/C17H17FN2O3/c1-2-22-16-6-3-12(10-19-16)17(21)20-7-8-23-15-5-4-14(18)9-13(15)11-20/h3-6,9-10H,2,7-8,11H2,1H3. The third kappa shape index (κ3) is 3.41. The molecular weight excluding hydrogens is 299 g/mol. The van der Waals surface area contributed by atoms with Crippen LogP contribution in [0.1, 0.15) is 22.8 Å². The van der Waals surface area contributed by atoms with E-state index in [1.165, 1.54) is 18.3 Å². The summed E-state index contributed by atoms with van der Waals surface area (Å²) in [6, 6.07) is 7.69. The van der Waals surface area contributed by atoms with Crippen molar-refractivity contribution in [3.05, 3.63) is 53.5 Å². The third-order valence-corrected chi connectivity index (χ3v) is 3.57. The minimum atomic E-state index is -0.343. The lowest BCUT2D eigenvalue weighted by atomic mass is 10.1. The van der Waals surface area contributed by atoms with Crippen molar-refractivity contribution in [3.63, 3.8) is 0 Å². The molecular formula is C17H17FN2O3. The third-order valence-electron chi connectivity index (χ3n) is 3.57. The Morgan fingerprint density at radius 1 is 1.39 bits per heavy atom. The second-order valence-electron chi connectivity index (χ2n) is 5.15. The molecule has 6 heteroatoms. The molecule has 23 heavy (non-hydrogen) atoms. The van der Waals surface area contributed by atoms with E-state index in [1.54, 1.807) is 23.1 Å². The van der Waals surface area contributed by atoms with Crippen LogP contribution in [0.3, 0.4) is 0 Å². The van der Waals surface area contributed by atoms with Crippen LogP contribution >= 0.6 is 0 Å². The van der Waals surface area contributed by atoms with Crippen LogP contribution in [0.2, 0.25) is 0 Å². The van der Waals surface area contributed by atoms with Crippen LogP contribution in [0, 0.1) is 5.82 Å². The molecule has 1 aliphatic rings. The van der Waals surface area contributed by atoms with Gasteiger partial charge in [-0.2, -0.15) is 0 Å². The van der Waals surface area contributed by atoms with Crippen LogP contribution in [0.5, 0.6) is 11.6 Å². The molecule has 0 unspecified atom stereocenters. The maximum Gasteiger partial charge on any atom is 0.255 e. The fourth-order valence-electron chi connectivity index (χ4n) is 2.46. The van der Waals surface area contributed by atoms with Crippen LogP contribution in [0.25, 0.3) is 0 Å². The van der Waals surface area contributed by atoms with Crippen molar-refractivity contribution in [1.29, 1.82) is 0 Å². The maximum absolute atomic E-state index is 13.4. The number of halogens is 1. The largest absolute Gasteiger partial charge is 0.491 e.